The van der Waals surface area contributed by atoms with Crippen LogP contribution in [0.25, 0.3) is 11.1 Å². The van der Waals surface area contributed by atoms with Gasteiger partial charge in [-0.25, -0.2) is 8.78 Å². The number of carbonyl (C=O) groups is 1. The second-order valence-electron chi connectivity index (χ2n) is 10.0. The molecule has 1 amide bonds. The molecule has 2 aromatic heterocycles. The fraction of sp³-hybridized carbons (Fsp3) is 0.300. The van der Waals surface area contributed by atoms with Crippen molar-refractivity contribution in [1.82, 2.24) is 20.1 Å². The van der Waals surface area contributed by atoms with E-state index in [0.717, 1.165) is 21.9 Å². The van der Waals surface area contributed by atoms with E-state index in [2.05, 4.69) is 15.4 Å². The minimum absolute atomic E-state index is 0.00125. The third-order valence-corrected chi connectivity index (χ3v) is 7.01. The number of fused-ring (bicyclic) bond motifs is 1. The Kier molecular flexibility index (Phi) is 7.69. The number of rotatable bonds is 7. The molecule has 1 atom stereocenters. The topological polar surface area (TPSA) is 59.8 Å². The van der Waals surface area contributed by atoms with Crippen molar-refractivity contribution in [2.75, 3.05) is 0 Å². The number of alkyl halides is 3. The molecule has 5 nitrogen and oxygen atoms in total. The quantitative estimate of drug-likeness (QED) is 0.264. The van der Waals surface area contributed by atoms with Gasteiger partial charge in [0.1, 0.15) is 18.2 Å². The molecular weight excluding hydrogens is 527 g/mol. The van der Waals surface area contributed by atoms with Crippen LogP contribution in [0.5, 0.6) is 0 Å². The van der Waals surface area contributed by atoms with E-state index in [-0.39, 0.29) is 18.4 Å². The highest BCUT2D eigenvalue weighted by molar-refractivity contribution is 5.77. The van der Waals surface area contributed by atoms with Crippen molar-refractivity contribution in [3.63, 3.8) is 0 Å². The van der Waals surface area contributed by atoms with Gasteiger partial charge in [0.05, 0.1) is 11.7 Å². The van der Waals surface area contributed by atoms with Crippen LogP contribution in [-0.4, -0.2) is 20.7 Å². The first-order valence-corrected chi connectivity index (χ1v) is 13.0. The van der Waals surface area contributed by atoms with E-state index < -0.39 is 42.0 Å². The number of carbonyl (C=O) groups excluding carboxylic acids is 1. The first-order valence-electron chi connectivity index (χ1n) is 13.0. The molecule has 0 aliphatic heterocycles. The largest absolute Gasteiger partial charge is 0.435 e. The maximum absolute atomic E-state index is 14.0. The lowest BCUT2D eigenvalue weighted by Gasteiger charge is -2.22. The van der Waals surface area contributed by atoms with Gasteiger partial charge in [0.2, 0.25) is 5.91 Å². The van der Waals surface area contributed by atoms with Gasteiger partial charge in [-0.15, -0.1) is 0 Å². The predicted molar refractivity (Wildman–Crippen MR) is 139 cm³/mol. The average Bonchev–Trinajstić information content (AvgIpc) is 3.27. The van der Waals surface area contributed by atoms with Crippen LogP contribution in [-0.2, 0) is 36.8 Å². The Hall–Kier alpha value is -4.08. The van der Waals surface area contributed by atoms with Crippen molar-refractivity contribution in [1.29, 1.82) is 0 Å². The van der Waals surface area contributed by atoms with Crippen LogP contribution in [0.1, 0.15) is 52.7 Å². The van der Waals surface area contributed by atoms with Gasteiger partial charge in [-0.05, 0) is 68.4 Å². The van der Waals surface area contributed by atoms with Crippen molar-refractivity contribution >= 4 is 5.91 Å². The SMILES string of the molecule is Cc1cccc(-c2cccnc2[C@H](Cc2cc(F)cc(F)c2)NC(=O)Cn2nc(C(F)(F)F)c3c2CCCC3)c1. The highest BCUT2D eigenvalue weighted by atomic mass is 19.4. The van der Waals surface area contributed by atoms with Gasteiger partial charge in [-0.2, -0.15) is 18.3 Å². The van der Waals surface area contributed by atoms with E-state index in [1.54, 1.807) is 12.3 Å². The molecule has 0 fully saturated rings. The van der Waals surface area contributed by atoms with Crippen LogP contribution >= 0.6 is 0 Å². The second kappa shape index (κ2) is 11.2. The van der Waals surface area contributed by atoms with Crippen LogP contribution in [0.15, 0.2) is 60.8 Å². The summed E-state index contributed by atoms with van der Waals surface area (Å²) in [6, 6.07) is 13.5. The van der Waals surface area contributed by atoms with Crippen molar-refractivity contribution in [3.8, 4) is 11.1 Å². The van der Waals surface area contributed by atoms with Crippen molar-refractivity contribution in [3.05, 3.63) is 106 Å². The fourth-order valence-corrected chi connectivity index (χ4v) is 5.34. The number of pyridine rings is 1. The Labute approximate surface area is 228 Å². The van der Waals surface area contributed by atoms with Crippen molar-refractivity contribution in [2.45, 2.75) is 57.8 Å². The molecule has 40 heavy (non-hydrogen) atoms. The Morgan fingerprint density at radius 1 is 1.02 bits per heavy atom. The molecule has 2 aromatic carbocycles. The van der Waals surface area contributed by atoms with Gasteiger partial charge in [0.15, 0.2) is 5.69 Å². The molecule has 0 bridgehead atoms. The molecule has 0 saturated heterocycles. The van der Waals surface area contributed by atoms with Crippen LogP contribution in [0.4, 0.5) is 22.0 Å². The van der Waals surface area contributed by atoms with Gasteiger partial charge in [-0.3, -0.25) is 14.5 Å². The molecule has 10 heteroatoms. The Bertz CT molecular complexity index is 1530. The highest BCUT2D eigenvalue weighted by Crippen LogP contribution is 2.36. The van der Waals surface area contributed by atoms with Gasteiger partial charge in [0.25, 0.3) is 0 Å². The molecule has 0 spiro atoms. The third kappa shape index (κ3) is 6.05. The zero-order valence-electron chi connectivity index (χ0n) is 21.7. The molecule has 0 radical (unpaired) electrons. The van der Waals surface area contributed by atoms with E-state index in [9.17, 15) is 26.7 Å². The second-order valence-corrected chi connectivity index (χ2v) is 10.0. The summed E-state index contributed by atoms with van der Waals surface area (Å²) in [6.45, 7) is 1.51. The molecule has 1 aliphatic carbocycles. The maximum Gasteiger partial charge on any atom is 0.435 e. The lowest BCUT2D eigenvalue weighted by atomic mass is 9.94. The molecule has 5 rings (SSSR count). The number of halogens is 5. The minimum Gasteiger partial charge on any atom is -0.346 e. The Morgan fingerprint density at radius 2 is 1.77 bits per heavy atom. The van der Waals surface area contributed by atoms with Crippen LogP contribution < -0.4 is 5.32 Å². The minimum atomic E-state index is -4.62. The van der Waals surface area contributed by atoms with Crippen LogP contribution in [0.2, 0.25) is 0 Å². The zero-order chi connectivity index (χ0) is 28.4. The smallest absolute Gasteiger partial charge is 0.346 e. The van der Waals surface area contributed by atoms with E-state index in [1.807, 2.05) is 37.3 Å². The molecular formula is C30H27F5N4O. The van der Waals surface area contributed by atoms with Crippen molar-refractivity contribution in [2.24, 2.45) is 0 Å². The first kappa shape index (κ1) is 27.5. The van der Waals surface area contributed by atoms with Gasteiger partial charge in [0, 0.05) is 29.1 Å². The summed E-state index contributed by atoms with van der Waals surface area (Å²) in [7, 11) is 0. The number of aromatic nitrogens is 3. The van der Waals surface area contributed by atoms with Crippen molar-refractivity contribution < 1.29 is 26.7 Å². The van der Waals surface area contributed by atoms with E-state index in [1.165, 1.54) is 12.1 Å². The number of hydrogen-bond donors (Lipinski definition) is 1. The zero-order valence-corrected chi connectivity index (χ0v) is 21.7. The molecule has 0 saturated carbocycles. The van der Waals surface area contributed by atoms with Crippen LogP contribution in [0.3, 0.4) is 0 Å². The summed E-state index contributed by atoms with van der Waals surface area (Å²) < 4.78 is 70.2. The molecule has 208 valence electrons. The number of nitrogens with zero attached hydrogens (tertiary/aromatic N) is 3. The summed E-state index contributed by atoms with van der Waals surface area (Å²) in [5, 5.41) is 6.64. The Morgan fingerprint density at radius 3 is 2.50 bits per heavy atom. The summed E-state index contributed by atoms with van der Waals surface area (Å²) in [6.07, 6.45) is -1.08. The van der Waals surface area contributed by atoms with Gasteiger partial charge >= 0.3 is 6.18 Å². The lowest BCUT2D eigenvalue weighted by molar-refractivity contribution is -0.142. The van der Waals surface area contributed by atoms with Crippen LogP contribution in [0, 0.1) is 18.6 Å². The number of benzene rings is 2. The van der Waals surface area contributed by atoms with E-state index >= 15 is 0 Å². The number of amides is 1. The first-order chi connectivity index (χ1) is 19.1. The summed E-state index contributed by atoms with van der Waals surface area (Å²) in [4.78, 5) is 17.9. The predicted octanol–water partition coefficient (Wildman–Crippen LogP) is 6.53. The van der Waals surface area contributed by atoms with Gasteiger partial charge in [-0.1, -0.05) is 35.9 Å². The standard InChI is InChI=1S/C30H27F5N4O/c1-18-6-4-7-20(12-18)23-9-5-11-36-28(23)25(15-19-13-21(31)16-22(32)14-19)37-27(40)17-39-26-10-3-2-8-24(26)29(38-39)30(33,34)35/h4-7,9,11-14,16,25H,2-3,8,10,15,17H2,1H3,(H,37,40)/t25-/m0/s1. The number of hydrogen-bond acceptors (Lipinski definition) is 3. The summed E-state index contributed by atoms with van der Waals surface area (Å²) in [5.41, 5.74) is 2.91. The van der Waals surface area contributed by atoms with Gasteiger partial charge < -0.3 is 5.32 Å². The fourth-order valence-electron chi connectivity index (χ4n) is 5.34. The maximum atomic E-state index is 14.0. The monoisotopic (exact) mass is 554 g/mol. The molecule has 0 unspecified atom stereocenters. The average molecular weight is 555 g/mol. The Balaban J connectivity index is 1.50. The summed E-state index contributed by atoms with van der Waals surface area (Å²) >= 11 is 0. The number of aryl methyl sites for hydroxylation is 1. The number of nitrogens with one attached hydrogen (secondary N) is 1. The lowest BCUT2D eigenvalue weighted by Crippen LogP contribution is -2.34. The summed E-state index contributed by atoms with van der Waals surface area (Å²) in [5.74, 6) is -2.11. The highest BCUT2D eigenvalue weighted by Gasteiger charge is 2.39. The molecule has 1 aliphatic rings. The molecule has 2 heterocycles. The molecule has 1 N–H and O–H groups in total. The normalized spacial score (nSPS) is 14.1. The van der Waals surface area contributed by atoms with E-state index in [0.29, 0.717) is 41.8 Å². The molecule has 4 aromatic rings. The third-order valence-electron chi connectivity index (χ3n) is 7.01. The van der Waals surface area contributed by atoms with E-state index in [4.69, 9.17) is 0 Å².